The van der Waals surface area contributed by atoms with E-state index in [4.69, 9.17) is 9.47 Å². The predicted octanol–water partition coefficient (Wildman–Crippen LogP) is 2.10. The van der Waals surface area contributed by atoms with E-state index in [0.29, 0.717) is 11.3 Å². The number of carboxylic acid groups (broad SMARTS) is 1. The Morgan fingerprint density at radius 3 is 2.53 bits per heavy atom. The molecular weight excluding hydrogens is 248 g/mol. The van der Waals surface area contributed by atoms with Crippen LogP contribution in [0, 0.1) is 6.92 Å². The Morgan fingerprint density at radius 1 is 1.32 bits per heavy atom. The average molecular weight is 262 g/mol. The maximum atomic E-state index is 11.3. The summed E-state index contributed by atoms with van der Waals surface area (Å²) in [5.41, 5.74) is 2.44. The normalized spacial score (nSPS) is 10.3. The number of rotatable bonds is 4. The molecule has 0 saturated heterocycles. The molecule has 1 heterocycles. The van der Waals surface area contributed by atoms with Crippen LogP contribution < -0.4 is 9.47 Å². The van der Waals surface area contributed by atoms with E-state index in [1.165, 1.54) is 14.2 Å². The molecule has 19 heavy (non-hydrogen) atoms. The summed E-state index contributed by atoms with van der Waals surface area (Å²) >= 11 is 0. The van der Waals surface area contributed by atoms with Gasteiger partial charge in [-0.15, -0.1) is 0 Å². The van der Waals surface area contributed by atoms with Gasteiger partial charge in [0.15, 0.2) is 11.5 Å². The zero-order valence-corrected chi connectivity index (χ0v) is 10.9. The van der Waals surface area contributed by atoms with E-state index in [-0.39, 0.29) is 11.3 Å². The van der Waals surface area contributed by atoms with E-state index in [1.807, 2.05) is 6.92 Å². The van der Waals surface area contributed by atoms with Crippen LogP contribution in [0.2, 0.25) is 0 Å². The molecule has 1 aromatic heterocycles. The summed E-state index contributed by atoms with van der Waals surface area (Å²) in [5.74, 6) is -0.490. The van der Waals surface area contributed by atoms with Crippen LogP contribution in [-0.2, 0) is 0 Å². The SMILES string of the molecule is COc1cc(-c2cn[nH]c2C)cc(C(=O)O)c1OC. The molecule has 0 atom stereocenters. The highest BCUT2D eigenvalue weighted by Gasteiger charge is 2.19. The number of aromatic amines is 1. The van der Waals surface area contributed by atoms with Gasteiger partial charge in [0.05, 0.1) is 20.4 Å². The first kappa shape index (κ1) is 12.9. The minimum atomic E-state index is -1.07. The zero-order valence-electron chi connectivity index (χ0n) is 10.9. The first-order chi connectivity index (χ1) is 9.08. The highest BCUT2D eigenvalue weighted by Crippen LogP contribution is 2.36. The number of hydrogen-bond donors (Lipinski definition) is 2. The molecule has 0 aliphatic heterocycles. The molecule has 2 aromatic rings. The van der Waals surface area contributed by atoms with Crippen LogP contribution in [0.1, 0.15) is 16.1 Å². The van der Waals surface area contributed by atoms with Gasteiger partial charge in [-0.2, -0.15) is 5.10 Å². The lowest BCUT2D eigenvalue weighted by molar-refractivity contribution is 0.0692. The molecule has 6 heteroatoms. The van der Waals surface area contributed by atoms with Gasteiger partial charge in [-0.1, -0.05) is 0 Å². The van der Waals surface area contributed by atoms with Crippen LogP contribution in [-0.4, -0.2) is 35.5 Å². The van der Waals surface area contributed by atoms with Crippen molar-refractivity contribution in [2.45, 2.75) is 6.92 Å². The number of nitrogens with one attached hydrogen (secondary N) is 1. The van der Waals surface area contributed by atoms with Gasteiger partial charge in [0.25, 0.3) is 0 Å². The number of hydrogen-bond acceptors (Lipinski definition) is 4. The number of H-pyrrole nitrogens is 1. The molecular formula is C13H14N2O4. The van der Waals surface area contributed by atoms with E-state index < -0.39 is 5.97 Å². The molecule has 0 amide bonds. The minimum absolute atomic E-state index is 0.0532. The van der Waals surface area contributed by atoms with Crippen molar-refractivity contribution < 1.29 is 19.4 Å². The highest BCUT2D eigenvalue weighted by atomic mass is 16.5. The van der Waals surface area contributed by atoms with Crippen molar-refractivity contribution in [3.63, 3.8) is 0 Å². The molecule has 2 N–H and O–H groups in total. The molecule has 0 spiro atoms. The highest BCUT2D eigenvalue weighted by molar-refractivity contribution is 5.94. The summed E-state index contributed by atoms with van der Waals surface area (Å²) in [7, 11) is 2.88. The summed E-state index contributed by atoms with van der Waals surface area (Å²) in [6, 6.07) is 3.27. The summed E-state index contributed by atoms with van der Waals surface area (Å²) in [6.45, 7) is 1.86. The second kappa shape index (κ2) is 5.01. The number of aromatic nitrogens is 2. The molecule has 0 radical (unpaired) electrons. The van der Waals surface area contributed by atoms with Crippen molar-refractivity contribution in [3.05, 3.63) is 29.6 Å². The largest absolute Gasteiger partial charge is 0.493 e. The van der Waals surface area contributed by atoms with Crippen molar-refractivity contribution >= 4 is 5.97 Å². The number of benzene rings is 1. The van der Waals surface area contributed by atoms with Crippen molar-refractivity contribution in [3.8, 4) is 22.6 Å². The fourth-order valence-electron chi connectivity index (χ4n) is 1.92. The summed E-state index contributed by atoms with van der Waals surface area (Å²) in [5, 5.41) is 16.0. The van der Waals surface area contributed by atoms with E-state index in [2.05, 4.69) is 10.2 Å². The third kappa shape index (κ3) is 2.24. The first-order valence-electron chi connectivity index (χ1n) is 5.58. The molecule has 6 nitrogen and oxygen atoms in total. The van der Waals surface area contributed by atoms with Gasteiger partial charge in [0.1, 0.15) is 5.56 Å². The van der Waals surface area contributed by atoms with Crippen molar-refractivity contribution in [2.24, 2.45) is 0 Å². The van der Waals surface area contributed by atoms with Gasteiger partial charge in [0.2, 0.25) is 0 Å². The lowest BCUT2D eigenvalue weighted by Crippen LogP contribution is -2.03. The Morgan fingerprint density at radius 2 is 2.05 bits per heavy atom. The lowest BCUT2D eigenvalue weighted by Gasteiger charge is -2.12. The molecule has 0 unspecified atom stereocenters. The van der Waals surface area contributed by atoms with Crippen molar-refractivity contribution in [1.82, 2.24) is 10.2 Å². The van der Waals surface area contributed by atoms with Crippen LogP contribution in [0.15, 0.2) is 18.3 Å². The predicted molar refractivity (Wildman–Crippen MR) is 68.8 cm³/mol. The number of aryl methyl sites for hydroxylation is 1. The average Bonchev–Trinajstić information content (AvgIpc) is 2.83. The second-order valence-electron chi connectivity index (χ2n) is 3.97. The molecule has 0 fully saturated rings. The maximum absolute atomic E-state index is 11.3. The first-order valence-corrected chi connectivity index (χ1v) is 5.58. The number of methoxy groups -OCH3 is 2. The monoisotopic (exact) mass is 262 g/mol. The Kier molecular flexibility index (Phi) is 3.41. The third-order valence-corrected chi connectivity index (χ3v) is 2.85. The van der Waals surface area contributed by atoms with E-state index in [9.17, 15) is 9.90 Å². The van der Waals surface area contributed by atoms with Gasteiger partial charge in [-0.05, 0) is 24.6 Å². The van der Waals surface area contributed by atoms with Crippen LogP contribution in [0.3, 0.4) is 0 Å². The number of carboxylic acids is 1. The number of carbonyl (C=O) groups is 1. The van der Waals surface area contributed by atoms with Crippen LogP contribution >= 0.6 is 0 Å². The molecule has 0 bridgehead atoms. The molecule has 0 saturated carbocycles. The van der Waals surface area contributed by atoms with Gasteiger partial charge < -0.3 is 14.6 Å². The van der Waals surface area contributed by atoms with Crippen LogP contribution in [0.25, 0.3) is 11.1 Å². The standard InChI is InChI=1S/C13H14N2O4/c1-7-10(6-14-15-7)8-4-9(13(16)17)12(19-3)11(5-8)18-2/h4-6H,1-3H3,(H,14,15)(H,16,17). The Bertz CT molecular complexity index is 619. The van der Waals surface area contributed by atoms with Crippen LogP contribution in [0.5, 0.6) is 11.5 Å². The van der Waals surface area contributed by atoms with E-state index >= 15 is 0 Å². The number of ether oxygens (including phenoxy) is 2. The summed E-state index contributed by atoms with van der Waals surface area (Å²) in [6.07, 6.45) is 1.64. The lowest BCUT2D eigenvalue weighted by atomic mass is 10.0. The van der Waals surface area contributed by atoms with Crippen molar-refractivity contribution in [2.75, 3.05) is 14.2 Å². The topological polar surface area (TPSA) is 84.4 Å². The molecule has 100 valence electrons. The minimum Gasteiger partial charge on any atom is -0.493 e. The Balaban J connectivity index is 2.68. The summed E-state index contributed by atoms with van der Waals surface area (Å²) < 4.78 is 10.3. The molecule has 1 aromatic carbocycles. The number of nitrogens with zero attached hydrogens (tertiary/aromatic N) is 1. The Hall–Kier alpha value is -2.50. The second-order valence-corrected chi connectivity index (χ2v) is 3.97. The van der Waals surface area contributed by atoms with Gasteiger partial charge in [0, 0.05) is 11.3 Å². The maximum Gasteiger partial charge on any atom is 0.339 e. The smallest absolute Gasteiger partial charge is 0.339 e. The summed E-state index contributed by atoms with van der Waals surface area (Å²) in [4.78, 5) is 11.3. The Labute approximate surface area is 110 Å². The zero-order chi connectivity index (χ0) is 14.0. The van der Waals surface area contributed by atoms with Crippen LogP contribution in [0.4, 0.5) is 0 Å². The molecule has 0 aliphatic rings. The van der Waals surface area contributed by atoms with Gasteiger partial charge in [-0.25, -0.2) is 4.79 Å². The van der Waals surface area contributed by atoms with E-state index in [1.54, 1.807) is 18.3 Å². The van der Waals surface area contributed by atoms with Gasteiger partial charge in [-0.3, -0.25) is 5.10 Å². The quantitative estimate of drug-likeness (QED) is 0.881. The van der Waals surface area contributed by atoms with Crippen molar-refractivity contribution in [1.29, 1.82) is 0 Å². The molecule has 2 rings (SSSR count). The fourth-order valence-corrected chi connectivity index (χ4v) is 1.92. The molecule has 0 aliphatic carbocycles. The fraction of sp³-hybridized carbons (Fsp3) is 0.231. The van der Waals surface area contributed by atoms with E-state index in [0.717, 1.165) is 11.3 Å². The van der Waals surface area contributed by atoms with Gasteiger partial charge >= 0.3 is 5.97 Å². The third-order valence-electron chi connectivity index (χ3n) is 2.85. The number of aromatic carboxylic acids is 1.